The van der Waals surface area contributed by atoms with E-state index in [1.165, 1.54) is 0 Å². The highest BCUT2D eigenvalue weighted by Gasteiger charge is 2.17. The monoisotopic (exact) mass is 365 g/mol. The Morgan fingerprint density at radius 1 is 1.07 bits per heavy atom. The van der Waals surface area contributed by atoms with E-state index in [0.717, 1.165) is 16.6 Å². The number of hydrogen-bond donors (Lipinski definition) is 0. The van der Waals surface area contributed by atoms with Gasteiger partial charge in [-0.05, 0) is 52.3 Å². The number of benzene rings is 2. The van der Waals surface area contributed by atoms with Gasteiger partial charge in [0.05, 0.1) is 11.1 Å². The molecule has 5 nitrogen and oxygen atoms in total. The molecular weight excluding hydrogens is 338 g/mol. The maximum absolute atomic E-state index is 11.2. The first-order valence-corrected chi connectivity index (χ1v) is 8.92. The van der Waals surface area contributed by atoms with Crippen LogP contribution < -0.4 is 0 Å². The van der Waals surface area contributed by atoms with Gasteiger partial charge in [0, 0.05) is 5.57 Å². The average molecular weight is 365 g/mol. The molecule has 1 atom stereocenters. The standard InChI is InChI=1S/C12H14O2.C10H13N3/c1-9(2)12(13)14-10(3)11-7-5-4-6-8-11;1-10(2,3)13-9-7-5-4-6-8(9)11-12-13/h4-8,10H,1H2,2-3H3;4-7H,1-3H3. The van der Waals surface area contributed by atoms with Gasteiger partial charge < -0.3 is 4.74 Å². The van der Waals surface area contributed by atoms with E-state index in [1.807, 2.05) is 66.2 Å². The van der Waals surface area contributed by atoms with Crippen LogP contribution in [0.3, 0.4) is 0 Å². The summed E-state index contributed by atoms with van der Waals surface area (Å²) in [4.78, 5) is 11.2. The SMILES string of the molecule is C=C(C)C(=O)OC(C)c1ccccc1.CC(C)(C)n1nnc2ccccc21. The number of para-hydroxylation sites is 1. The van der Waals surface area contributed by atoms with Crippen molar-refractivity contribution in [3.63, 3.8) is 0 Å². The van der Waals surface area contributed by atoms with Crippen LogP contribution in [-0.2, 0) is 15.1 Å². The molecule has 0 radical (unpaired) electrons. The molecule has 2 aromatic carbocycles. The topological polar surface area (TPSA) is 57.0 Å². The van der Waals surface area contributed by atoms with Crippen LogP contribution in [0.4, 0.5) is 0 Å². The Morgan fingerprint density at radius 3 is 2.26 bits per heavy atom. The molecule has 0 aliphatic rings. The minimum absolute atomic E-state index is 0.00387. The van der Waals surface area contributed by atoms with Crippen molar-refractivity contribution in [3.8, 4) is 0 Å². The zero-order valence-corrected chi connectivity index (χ0v) is 16.6. The molecule has 0 N–H and O–H groups in total. The number of esters is 1. The van der Waals surface area contributed by atoms with Crippen LogP contribution in [0.2, 0.25) is 0 Å². The Bertz CT molecular complexity index is 908. The molecular formula is C22H27N3O2. The van der Waals surface area contributed by atoms with E-state index in [0.29, 0.717) is 5.57 Å². The lowest BCUT2D eigenvalue weighted by Crippen LogP contribution is -2.22. The second kappa shape index (κ2) is 8.62. The van der Waals surface area contributed by atoms with Crippen molar-refractivity contribution in [1.29, 1.82) is 0 Å². The molecule has 142 valence electrons. The summed E-state index contributed by atoms with van der Waals surface area (Å²) in [6.07, 6.45) is -0.222. The predicted molar refractivity (Wildman–Crippen MR) is 108 cm³/mol. The highest BCUT2D eigenvalue weighted by atomic mass is 16.5. The molecule has 1 heterocycles. The number of carbonyl (C=O) groups excluding carboxylic acids is 1. The zero-order chi connectivity index (χ0) is 20.0. The predicted octanol–water partition coefficient (Wildman–Crippen LogP) is 5.05. The quantitative estimate of drug-likeness (QED) is 0.481. The molecule has 27 heavy (non-hydrogen) atoms. The van der Waals surface area contributed by atoms with Gasteiger partial charge in [0.15, 0.2) is 0 Å². The fraction of sp³-hybridized carbons (Fsp3) is 0.318. The molecule has 0 fully saturated rings. The van der Waals surface area contributed by atoms with Crippen molar-refractivity contribution in [2.75, 3.05) is 0 Å². The van der Waals surface area contributed by atoms with Crippen LogP contribution in [-0.4, -0.2) is 21.0 Å². The molecule has 0 aliphatic heterocycles. The molecule has 0 saturated heterocycles. The van der Waals surface area contributed by atoms with Crippen molar-refractivity contribution < 1.29 is 9.53 Å². The number of fused-ring (bicyclic) bond motifs is 1. The molecule has 3 rings (SSSR count). The maximum atomic E-state index is 11.2. The summed E-state index contributed by atoms with van der Waals surface area (Å²) in [7, 11) is 0. The minimum atomic E-state index is -0.346. The van der Waals surface area contributed by atoms with Crippen LogP contribution in [0.25, 0.3) is 11.0 Å². The molecule has 1 unspecified atom stereocenters. The smallest absolute Gasteiger partial charge is 0.333 e. The molecule has 0 aliphatic carbocycles. The fourth-order valence-corrected chi connectivity index (χ4v) is 2.42. The van der Waals surface area contributed by atoms with Crippen LogP contribution in [0.15, 0.2) is 66.7 Å². The number of nitrogens with zero attached hydrogens (tertiary/aromatic N) is 3. The van der Waals surface area contributed by atoms with Gasteiger partial charge in [-0.3, -0.25) is 0 Å². The largest absolute Gasteiger partial charge is 0.454 e. The molecule has 5 heteroatoms. The van der Waals surface area contributed by atoms with Crippen molar-refractivity contribution in [2.24, 2.45) is 0 Å². The Kier molecular flexibility index (Phi) is 6.50. The molecule has 0 spiro atoms. The normalized spacial score (nSPS) is 12.0. The molecule has 0 saturated carbocycles. The van der Waals surface area contributed by atoms with Gasteiger partial charge >= 0.3 is 5.97 Å². The van der Waals surface area contributed by atoms with Crippen molar-refractivity contribution in [1.82, 2.24) is 15.0 Å². The lowest BCUT2D eigenvalue weighted by molar-refractivity contribution is -0.143. The minimum Gasteiger partial charge on any atom is -0.454 e. The first-order chi connectivity index (χ1) is 12.7. The third-order valence-electron chi connectivity index (χ3n) is 3.89. The van der Waals surface area contributed by atoms with Gasteiger partial charge in [-0.1, -0.05) is 54.3 Å². The van der Waals surface area contributed by atoms with Crippen LogP contribution >= 0.6 is 0 Å². The van der Waals surface area contributed by atoms with Gasteiger partial charge in [0.2, 0.25) is 0 Å². The molecule has 3 aromatic rings. The summed E-state index contributed by atoms with van der Waals surface area (Å²) in [5, 5.41) is 8.23. The van der Waals surface area contributed by atoms with Crippen LogP contribution in [0, 0.1) is 0 Å². The van der Waals surface area contributed by atoms with E-state index in [9.17, 15) is 4.79 Å². The van der Waals surface area contributed by atoms with Gasteiger partial charge in [-0.15, -0.1) is 5.10 Å². The molecule has 0 amide bonds. The number of carbonyl (C=O) groups is 1. The number of ether oxygens (including phenoxy) is 1. The highest BCUT2D eigenvalue weighted by Crippen LogP contribution is 2.19. The van der Waals surface area contributed by atoms with E-state index in [-0.39, 0.29) is 17.6 Å². The first kappa shape index (κ1) is 20.4. The van der Waals surface area contributed by atoms with Gasteiger partial charge in [0.25, 0.3) is 0 Å². The summed E-state index contributed by atoms with van der Waals surface area (Å²) in [5.41, 5.74) is 3.46. The van der Waals surface area contributed by atoms with Crippen LogP contribution in [0.5, 0.6) is 0 Å². The van der Waals surface area contributed by atoms with E-state index < -0.39 is 0 Å². The summed E-state index contributed by atoms with van der Waals surface area (Å²) in [5.74, 6) is -0.346. The maximum Gasteiger partial charge on any atom is 0.333 e. The lowest BCUT2D eigenvalue weighted by Gasteiger charge is -2.18. The average Bonchev–Trinajstić information content (AvgIpc) is 3.07. The van der Waals surface area contributed by atoms with Gasteiger partial charge in [-0.25, -0.2) is 9.48 Å². The Balaban J connectivity index is 0.000000194. The molecule has 0 bridgehead atoms. The lowest BCUT2D eigenvalue weighted by atomic mass is 10.1. The second-order valence-electron chi connectivity index (χ2n) is 7.40. The van der Waals surface area contributed by atoms with E-state index >= 15 is 0 Å². The Morgan fingerprint density at radius 2 is 1.67 bits per heavy atom. The summed E-state index contributed by atoms with van der Waals surface area (Å²) < 4.78 is 7.11. The molecule has 1 aromatic heterocycles. The number of hydrogen-bond acceptors (Lipinski definition) is 4. The van der Waals surface area contributed by atoms with E-state index in [4.69, 9.17) is 4.74 Å². The third kappa shape index (κ3) is 5.51. The number of rotatable bonds is 3. The number of aromatic nitrogens is 3. The highest BCUT2D eigenvalue weighted by molar-refractivity contribution is 5.87. The summed E-state index contributed by atoms with van der Waals surface area (Å²) in [6.45, 7) is 13.4. The summed E-state index contributed by atoms with van der Waals surface area (Å²) >= 11 is 0. The fourth-order valence-electron chi connectivity index (χ4n) is 2.42. The van der Waals surface area contributed by atoms with Crippen molar-refractivity contribution in [2.45, 2.75) is 46.3 Å². The summed E-state index contributed by atoms with van der Waals surface area (Å²) in [6, 6.07) is 17.6. The second-order valence-corrected chi connectivity index (χ2v) is 7.40. The van der Waals surface area contributed by atoms with Crippen molar-refractivity contribution in [3.05, 3.63) is 72.3 Å². The zero-order valence-electron chi connectivity index (χ0n) is 16.6. The first-order valence-electron chi connectivity index (χ1n) is 8.92. The van der Waals surface area contributed by atoms with Gasteiger partial charge in [-0.2, -0.15) is 0 Å². The van der Waals surface area contributed by atoms with Crippen molar-refractivity contribution >= 4 is 17.0 Å². The Labute approximate surface area is 160 Å². The van der Waals surface area contributed by atoms with E-state index in [2.05, 4.69) is 37.7 Å². The van der Waals surface area contributed by atoms with E-state index in [1.54, 1.807) is 6.92 Å². The van der Waals surface area contributed by atoms with Gasteiger partial charge in [0.1, 0.15) is 11.6 Å². The Hall–Kier alpha value is -2.95. The third-order valence-corrected chi connectivity index (χ3v) is 3.89. The van der Waals surface area contributed by atoms with Crippen LogP contribution in [0.1, 0.15) is 46.3 Å².